The number of unbranched alkanes of at least 4 members (excludes halogenated alkanes) is 1. The molecule has 0 fully saturated rings. The molecule has 1 atom stereocenters. The molecule has 0 heterocycles. The minimum absolute atomic E-state index is 0.235. The molecule has 0 aromatic rings. The second-order valence-corrected chi connectivity index (χ2v) is 5.27. The highest BCUT2D eigenvalue weighted by atomic mass is 17.1. The minimum Gasteiger partial charge on any atom is -0.481 e. The van der Waals surface area contributed by atoms with Crippen LogP contribution in [-0.2, 0) is 9.68 Å². The molecule has 0 spiro atoms. The summed E-state index contributed by atoms with van der Waals surface area (Å²) in [7, 11) is 0. The van der Waals surface area contributed by atoms with Gasteiger partial charge in [0.1, 0.15) is 6.10 Å². The zero-order valence-electron chi connectivity index (χ0n) is 14.5. The normalized spacial score (nSPS) is 14.1. The van der Waals surface area contributed by atoms with E-state index in [9.17, 15) is 4.79 Å². The van der Waals surface area contributed by atoms with Gasteiger partial charge in [-0.05, 0) is 38.5 Å². The third-order valence-corrected chi connectivity index (χ3v) is 3.19. The van der Waals surface area contributed by atoms with E-state index >= 15 is 0 Å². The summed E-state index contributed by atoms with van der Waals surface area (Å²) in [6.45, 7) is 1.94. The molecule has 24 heavy (non-hydrogen) atoms. The lowest BCUT2D eigenvalue weighted by atomic mass is 10.2. The summed E-state index contributed by atoms with van der Waals surface area (Å²) in [6.07, 6.45) is 25.2. The number of rotatable bonds is 14. The van der Waals surface area contributed by atoms with E-state index in [0.29, 0.717) is 6.42 Å². The second kappa shape index (κ2) is 17.4. The SMILES string of the molecule is CC[C@H](/C=C/C=C\C/C=C\C/C=C\C/C=C\CCCC(=O)O)OO. The van der Waals surface area contributed by atoms with Crippen molar-refractivity contribution in [2.75, 3.05) is 0 Å². The predicted molar refractivity (Wildman–Crippen MR) is 98.8 cm³/mol. The van der Waals surface area contributed by atoms with Crippen LogP contribution < -0.4 is 0 Å². The molecule has 4 nitrogen and oxygen atoms in total. The monoisotopic (exact) mass is 334 g/mol. The summed E-state index contributed by atoms with van der Waals surface area (Å²) in [5.74, 6) is -0.731. The van der Waals surface area contributed by atoms with Gasteiger partial charge >= 0.3 is 5.97 Å². The Labute approximate surface area is 145 Å². The third-order valence-electron chi connectivity index (χ3n) is 3.19. The molecule has 0 saturated heterocycles. The standard InChI is InChI=1S/C20H30O4/c1-2-19(24-23)17-15-13-11-9-7-5-3-4-6-8-10-12-14-16-18-20(21)22/h4-7,10-13,15,17,19,23H,2-3,8-9,14,16,18H2,1H3,(H,21,22)/b6-4-,7-5-,12-10-,13-11-,17-15+/t19-/m1/s1. The second-order valence-electron chi connectivity index (χ2n) is 5.27. The summed E-state index contributed by atoms with van der Waals surface area (Å²) >= 11 is 0. The summed E-state index contributed by atoms with van der Waals surface area (Å²) in [5, 5.41) is 17.0. The summed E-state index contributed by atoms with van der Waals surface area (Å²) < 4.78 is 0. The maximum absolute atomic E-state index is 10.3. The number of allylic oxidation sites excluding steroid dienone is 9. The first-order valence-corrected chi connectivity index (χ1v) is 8.51. The highest BCUT2D eigenvalue weighted by molar-refractivity contribution is 5.66. The smallest absolute Gasteiger partial charge is 0.303 e. The molecule has 0 saturated carbocycles. The lowest BCUT2D eigenvalue weighted by Crippen LogP contribution is -2.03. The topological polar surface area (TPSA) is 66.8 Å². The van der Waals surface area contributed by atoms with Crippen molar-refractivity contribution in [2.24, 2.45) is 0 Å². The third kappa shape index (κ3) is 16.5. The summed E-state index contributed by atoms with van der Waals surface area (Å²) in [5.41, 5.74) is 0. The van der Waals surface area contributed by atoms with Crippen LogP contribution in [-0.4, -0.2) is 22.4 Å². The zero-order chi connectivity index (χ0) is 17.9. The molecule has 0 rings (SSSR count). The first kappa shape index (κ1) is 22.1. The number of carboxylic acids is 1. The van der Waals surface area contributed by atoms with E-state index in [2.05, 4.69) is 35.3 Å². The Kier molecular flexibility index (Phi) is 16.1. The molecule has 0 aliphatic heterocycles. The molecule has 0 aromatic carbocycles. The largest absolute Gasteiger partial charge is 0.481 e. The average molecular weight is 334 g/mol. The van der Waals surface area contributed by atoms with Crippen LogP contribution in [0, 0.1) is 0 Å². The van der Waals surface area contributed by atoms with E-state index in [1.807, 2.05) is 37.3 Å². The zero-order valence-corrected chi connectivity index (χ0v) is 14.5. The van der Waals surface area contributed by atoms with Crippen molar-refractivity contribution in [1.82, 2.24) is 0 Å². The fourth-order valence-corrected chi connectivity index (χ4v) is 1.80. The van der Waals surface area contributed by atoms with Gasteiger partial charge in [0.25, 0.3) is 0 Å². The van der Waals surface area contributed by atoms with Crippen molar-refractivity contribution in [3.05, 3.63) is 60.8 Å². The van der Waals surface area contributed by atoms with Crippen LogP contribution in [0.4, 0.5) is 0 Å². The van der Waals surface area contributed by atoms with E-state index in [4.69, 9.17) is 10.4 Å². The summed E-state index contributed by atoms with van der Waals surface area (Å²) in [4.78, 5) is 14.6. The Morgan fingerprint density at radius 2 is 1.54 bits per heavy atom. The highest BCUT2D eigenvalue weighted by Crippen LogP contribution is 1.99. The van der Waals surface area contributed by atoms with E-state index in [1.165, 1.54) is 0 Å². The van der Waals surface area contributed by atoms with E-state index in [-0.39, 0.29) is 12.5 Å². The van der Waals surface area contributed by atoms with Gasteiger partial charge in [0.05, 0.1) is 0 Å². The lowest BCUT2D eigenvalue weighted by molar-refractivity contribution is -0.266. The van der Waals surface area contributed by atoms with Crippen molar-refractivity contribution in [1.29, 1.82) is 0 Å². The van der Waals surface area contributed by atoms with Crippen LogP contribution in [0.1, 0.15) is 51.9 Å². The molecule has 0 aromatic heterocycles. The Hall–Kier alpha value is -1.91. The van der Waals surface area contributed by atoms with Gasteiger partial charge in [-0.3, -0.25) is 10.1 Å². The Balaban J connectivity index is 3.61. The quantitative estimate of drug-likeness (QED) is 0.145. The van der Waals surface area contributed by atoms with Gasteiger partial charge in [0.15, 0.2) is 0 Å². The highest BCUT2D eigenvalue weighted by Gasteiger charge is 1.97. The lowest BCUT2D eigenvalue weighted by Gasteiger charge is -2.02. The van der Waals surface area contributed by atoms with Gasteiger partial charge in [-0.1, -0.05) is 67.7 Å². The molecule has 0 aliphatic rings. The van der Waals surface area contributed by atoms with Gasteiger partial charge < -0.3 is 5.11 Å². The molecule has 4 heteroatoms. The van der Waals surface area contributed by atoms with Crippen molar-refractivity contribution < 1.29 is 20.0 Å². The van der Waals surface area contributed by atoms with Crippen LogP contribution >= 0.6 is 0 Å². The van der Waals surface area contributed by atoms with Crippen molar-refractivity contribution in [3.8, 4) is 0 Å². The molecule has 0 amide bonds. The maximum Gasteiger partial charge on any atom is 0.303 e. The fraction of sp³-hybridized carbons (Fsp3) is 0.450. The number of carboxylic acid groups (broad SMARTS) is 1. The molecule has 2 N–H and O–H groups in total. The van der Waals surface area contributed by atoms with Gasteiger partial charge in [-0.2, -0.15) is 0 Å². The molecule has 0 radical (unpaired) electrons. The fourth-order valence-electron chi connectivity index (χ4n) is 1.80. The number of hydrogen-bond acceptors (Lipinski definition) is 3. The van der Waals surface area contributed by atoms with Crippen molar-refractivity contribution >= 4 is 5.97 Å². The van der Waals surface area contributed by atoms with Crippen LogP contribution in [0.15, 0.2) is 60.8 Å². The molecule has 0 bridgehead atoms. The first-order valence-electron chi connectivity index (χ1n) is 8.51. The molecule has 0 aliphatic carbocycles. The van der Waals surface area contributed by atoms with Crippen LogP contribution in [0.2, 0.25) is 0 Å². The number of carbonyl (C=O) groups is 1. The van der Waals surface area contributed by atoms with Crippen LogP contribution in [0.25, 0.3) is 0 Å². The Bertz CT molecular complexity index is 441. The van der Waals surface area contributed by atoms with E-state index in [1.54, 1.807) is 0 Å². The first-order chi connectivity index (χ1) is 11.7. The molecular formula is C20H30O4. The summed E-state index contributed by atoms with van der Waals surface area (Å²) in [6, 6.07) is 0. The average Bonchev–Trinajstić information content (AvgIpc) is 2.57. The molecular weight excluding hydrogens is 304 g/mol. The van der Waals surface area contributed by atoms with E-state index in [0.717, 1.165) is 32.1 Å². The van der Waals surface area contributed by atoms with Crippen molar-refractivity contribution in [3.63, 3.8) is 0 Å². The van der Waals surface area contributed by atoms with Crippen molar-refractivity contribution in [2.45, 2.75) is 58.0 Å². The maximum atomic E-state index is 10.3. The number of hydrogen-bond donors (Lipinski definition) is 2. The van der Waals surface area contributed by atoms with E-state index < -0.39 is 5.97 Å². The van der Waals surface area contributed by atoms with Crippen LogP contribution in [0.5, 0.6) is 0 Å². The van der Waals surface area contributed by atoms with Gasteiger partial charge in [0.2, 0.25) is 0 Å². The van der Waals surface area contributed by atoms with Gasteiger partial charge in [-0.25, -0.2) is 4.89 Å². The predicted octanol–water partition coefficient (Wildman–Crippen LogP) is 5.46. The van der Waals surface area contributed by atoms with Crippen LogP contribution in [0.3, 0.4) is 0 Å². The Morgan fingerprint density at radius 1 is 0.958 bits per heavy atom. The van der Waals surface area contributed by atoms with Gasteiger partial charge in [0, 0.05) is 6.42 Å². The van der Waals surface area contributed by atoms with Gasteiger partial charge in [-0.15, -0.1) is 0 Å². The molecule has 0 unspecified atom stereocenters. The number of aliphatic carboxylic acids is 1. The minimum atomic E-state index is -0.731. The Morgan fingerprint density at radius 3 is 2.08 bits per heavy atom. The molecule has 134 valence electrons.